The van der Waals surface area contributed by atoms with Gasteiger partial charge in [-0.2, -0.15) is 9.78 Å². The lowest BCUT2D eigenvalue weighted by Crippen LogP contribution is -2.51. The quantitative estimate of drug-likeness (QED) is 0.687. The van der Waals surface area contributed by atoms with Crippen molar-refractivity contribution in [2.75, 3.05) is 55.8 Å². The summed E-state index contributed by atoms with van der Waals surface area (Å²) in [5.74, 6) is 4.16. The van der Waals surface area contributed by atoms with Crippen LogP contribution in [0.4, 0.5) is 5.82 Å². The Morgan fingerprint density at radius 3 is 2.66 bits per heavy atom. The molecular weight excluding hydrogens is 469 g/mol. The molecule has 8 nitrogen and oxygen atoms in total. The van der Waals surface area contributed by atoms with E-state index in [4.69, 9.17) is 0 Å². The summed E-state index contributed by atoms with van der Waals surface area (Å²) < 4.78 is 1.95. The van der Waals surface area contributed by atoms with Gasteiger partial charge in [0.15, 0.2) is 5.82 Å². The van der Waals surface area contributed by atoms with Crippen molar-refractivity contribution >= 4 is 48.3 Å². The van der Waals surface area contributed by atoms with Crippen LogP contribution in [0.15, 0.2) is 30.5 Å². The van der Waals surface area contributed by atoms with Gasteiger partial charge in [-0.1, -0.05) is 6.07 Å². The largest absolute Gasteiger partial charge is 0.354 e. The molecule has 1 N–H and O–H groups in total. The molecule has 3 aliphatic heterocycles. The summed E-state index contributed by atoms with van der Waals surface area (Å²) in [4.78, 5) is 24.1. The molecule has 3 fully saturated rings. The van der Waals surface area contributed by atoms with Crippen molar-refractivity contribution in [3.05, 3.63) is 36.2 Å². The van der Waals surface area contributed by atoms with Gasteiger partial charge in [-0.3, -0.25) is 9.69 Å². The van der Waals surface area contributed by atoms with Gasteiger partial charge in [0.1, 0.15) is 5.82 Å². The number of nitrogens with one attached hydrogen (secondary N) is 1. The number of hydrogen-bond acceptors (Lipinski definition) is 7. The number of rotatable bonds is 4. The molecule has 2 aromatic rings. The lowest BCUT2D eigenvalue weighted by Gasteiger charge is -2.38. The minimum Gasteiger partial charge on any atom is -0.354 e. The Labute approximate surface area is 205 Å². The van der Waals surface area contributed by atoms with Crippen molar-refractivity contribution in [2.45, 2.75) is 25.4 Å². The minimum absolute atomic E-state index is 0. The van der Waals surface area contributed by atoms with Gasteiger partial charge in [0, 0.05) is 63.3 Å². The van der Waals surface area contributed by atoms with E-state index in [1.54, 1.807) is 6.20 Å². The number of pyridine rings is 1. The summed E-state index contributed by atoms with van der Waals surface area (Å²) in [5.41, 5.74) is 1.000. The molecule has 5 heterocycles. The number of halogens is 2. The second kappa shape index (κ2) is 11.1. The highest BCUT2D eigenvalue weighted by Crippen LogP contribution is 2.24. The van der Waals surface area contributed by atoms with E-state index in [1.807, 2.05) is 46.5 Å². The molecule has 5 rings (SSSR count). The monoisotopic (exact) mass is 499 g/mol. The third kappa shape index (κ3) is 5.17. The molecule has 1 amide bonds. The number of aromatic nitrogens is 3. The Bertz CT molecular complexity index is 886. The predicted octanol–water partition coefficient (Wildman–Crippen LogP) is 1.80. The molecule has 3 saturated heterocycles. The highest BCUT2D eigenvalue weighted by atomic mass is 35.5. The van der Waals surface area contributed by atoms with E-state index >= 15 is 0 Å². The number of carbonyl (C=O) groups excluding carboxylic acids is 1. The summed E-state index contributed by atoms with van der Waals surface area (Å²) in [6.07, 6.45) is 2.73. The molecule has 0 aliphatic carbocycles. The summed E-state index contributed by atoms with van der Waals surface area (Å²) in [6.45, 7) is 7.74. The molecule has 0 unspecified atom stereocenters. The lowest BCUT2D eigenvalue weighted by molar-refractivity contribution is -0.131. The highest BCUT2D eigenvalue weighted by molar-refractivity contribution is 7.99. The molecule has 2 atom stereocenters. The summed E-state index contributed by atoms with van der Waals surface area (Å²) in [6, 6.07) is 8.48. The van der Waals surface area contributed by atoms with Crippen molar-refractivity contribution in [3.63, 3.8) is 0 Å². The van der Waals surface area contributed by atoms with E-state index in [0.717, 1.165) is 74.6 Å². The average Bonchev–Trinajstić information content (AvgIpc) is 3.55. The van der Waals surface area contributed by atoms with E-state index in [9.17, 15) is 4.79 Å². The summed E-state index contributed by atoms with van der Waals surface area (Å²) >= 11 is 1.85. The fraction of sp³-hybridized carbons (Fsp3) is 0.571. The SMILES string of the molecule is Cc1cc(N2CCN([C@@H]3CN[C@H](C(=O)N4CCSC4)C3)CC2)n(-c2ccccn2)n1.Cl.Cl. The summed E-state index contributed by atoms with van der Waals surface area (Å²) in [5, 5.41) is 8.14. The molecule has 0 aromatic carbocycles. The molecule has 2 aromatic heterocycles. The standard InChI is InChI=1S/C21H29N7OS.2ClH/c1-16-12-20(28(24-16)19-4-2-3-5-22-19)26-8-6-25(7-9-26)17-13-18(23-14-17)21(29)27-10-11-30-15-27;;/h2-5,12,17-18,23H,6-11,13-15H2,1H3;2*1H/t17-,18-;;/m0../s1. The van der Waals surface area contributed by atoms with Gasteiger partial charge in [0.2, 0.25) is 5.91 Å². The molecule has 176 valence electrons. The van der Waals surface area contributed by atoms with Gasteiger partial charge in [0.25, 0.3) is 0 Å². The van der Waals surface area contributed by atoms with Crippen LogP contribution < -0.4 is 10.2 Å². The van der Waals surface area contributed by atoms with Gasteiger partial charge in [0.05, 0.1) is 17.6 Å². The Balaban J connectivity index is 0.00000144. The number of anilines is 1. The third-order valence-corrected chi connectivity index (χ3v) is 7.27. The molecule has 11 heteroatoms. The smallest absolute Gasteiger partial charge is 0.240 e. The van der Waals surface area contributed by atoms with Crippen LogP contribution in [-0.4, -0.2) is 93.5 Å². The van der Waals surface area contributed by atoms with Gasteiger partial charge in [-0.05, 0) is 25.5 Å². The maximum absolute atomic E-state index is 12.7. The Morgan fingerprint density at radius 2 is 1.97 bits per heavy atom. The molecule has 0 bridgehead atoms. The number of amides is 1. The van der Waals surface area contributed by atoms with Crippen LogP contribution in [-0.2, 0) is 4.79 Å². The van der Waals surface area contributed by atoms with Crippen LogP contribution in [0, 0.1) is 6.92 Å². The van der Waals surface area contributed by atoms with Gasteiger partial charge >= 0.3 is 0 Å². The molecular formula is C21H31Cl2N7OS. The first-order valence-electron chi connectivity index (χ1n) is 10.8. The third-order valence-electron chi connectivity index (χ3n) is 6.30. The number of piperazine rings is 1. The van der Waals surface area contributed by atoms with Gasteiger partial charge in [-0.25, -0.2) is 4.98 Å². The van der Waals surface area contributed by atoms with Crippen molar-refractivity contribution in [2.24, 2.45) is 0 Å². The first-order chi connectivity index (χ1) is 14.7. The Morgan fingerprint density at radius 1 is 1.16 bits per heavy atom. The van der Waals surface area contributed by atoms with Crippen molar-refractivity contribution in [3.8, 4) is 5.82 Å². The number of thioether (sulfide) groups is 1. The van der Waals surface area contributed by atoms with Crippen molar-refractivity contribution < 1.29 is 4.79 Å². The first kappa shape index (κ1) is 25.1. The average molecular weight is 501 g/mol. The Hall–Kier alpha value is -1.52. The Kier molecular flexibility index (Phi) is 8.68. The van der Waals surface area contributed by atoms with Gasteiger partial charge < -0.3 is 15.1 Å². The molecule has 32 heavy (non-hydrogen) atoms. The van der Waals surface area contributed by atoms with Crippen LogP contribution in [0.3, 0.4) is 0 Å². The number of nitrogens with zero attached hydrogens (tertiary/aromatic N) is 6. The minimum atomic E-state index is -0.0139. The van der Waals surface area contributed by atoms with Crippen LogP contribution >= 0.6 is 36.6 Å². The fourth-order valence-electron chi connectivity index (χ4n) is 4.67. The maximum atomic E-state index is 12.7. The number of hydrogen-bond donors (Lipinski definition) is 1. The lowest BCUT2D eigenvalue weighted by atomic mass is 10.1. The molecule has 3 aliphatic rings. The van der Waals surface area contributed by atoms with Crippen LogP contribution in [0.25, 0.3) is 5.82 Å². The van der Waals surface area contributed by atoms with E-state index in [2.05, 4.69) is 31.3 Å². The molecule has 0 radical (unpaired) electrons. The normalized spacial score (nSPS) is 23.7. The zero-order chi connectivity index (χ0) is 20.5. The van der Waals surface area contributed by atoms with E-state index in [0.29, 0.717) is 6.04 Å². The topological polar surface area (TPSA) is 69.5 Å². The summed E-state index contributed by atoms with van der Waals surface area (Å²) in [7, 11) is 0. The highest BCUT2D eigenvalue weighted by Gasteiger charge is 2.37. The van der Waals surface area contributed by atoms with E-state index in [1.165, 1.54) is 0 Å². The van der Waals surface area contributed by atoms with E-state index in [-0.39, 0.29) is 36.8 Å². The van der Waals surface area contributed by atoms with Crippen LogP contribution in [0.2, 0.25) is 0 Å². The van der Waals surface area contributed by atoms with Gasteiger partial charge in [-0.15, -0.1) is 36.6 Å². The number of aryl methyl sites for hydroxylation is 1. The van der Waals surface area contributed by atoms with Crippen molar-refractivity contribution in [1.29, 1.82) is 0 Å². The predicted molar refractivity (Wildman–Crippen MR) is 134 cm³/mol. The fourth-order valence-corrected chi connectivity index (χ4v) is 5.62. The maximum Gasteiger partial charge on any atom is 0.240 e. The van der Waals surface area contributed by atoms with E-state index < -0.39 is 0 Å². The van der Waals surface area contributed by atoms with Crippen LogP contribution in [0.1, 0.15) is 12.1 Å². The first-order valence-corrected chi connectivity index (χ1v) is 11.9. The zero-order valence-corrected chi connectivity index (χ0v) is 20.7. The van der Waals surface area contributed by atoms with Crippen molar-refractivity contribution in [1.82, 2.24) is 29.9 Å². The molecule has 0 saturated carbocycles. The second-order valence-corrected chi connectivity index (χ2v) is 9.33. The number of carbonyl (C=O) groups is 1. The van der Waals surface area contributed by atoms with Crippen LogP contribution in [0.5, 0.6) is 0 Å². The second-order valence-electron chi connectivity index (χ2n) is 8.26. The zero-order valence-electron chi connectivity index (χ0n) is 18.2. The molecule has 0 spiro atoms.